The molecular weight excluding hydrogens is 214 g/mol. The second-order valence-corrected chi connectivity index (χ2v) is 6.49. The number of hydrogen-bond donors (Lipinski definition) is 0. The van der Waals surface area contributed by atoms with Crippen molar-refractivity contribution in [2.45, 2.75) is 59.0 Å². The van der Waals surface area contributed by atoms with Gasteiger partial charge in [0.2, 0.25) is 0 Å². The number of ether oxygens (including phenoxy) is 1. The van der Waals surface area contributed by atoms with Gasteiger partial charge in [-0.25, -0.2) is 4.79 Å². The molecule has 1 saturated carbocycles. The Kier molecular flexibility index (Phi) is 4.84. The number of amides is 1. The molecule has 0 aromatic heterocycles. The highest BCUT2D eigenvalue weighted by atomic mass is 16.6. The number of carbonyl (C=O) groups excluding carboxylic acids is 1. The van der Waals surface area contributed by atoms with Gasteiger partial charge >= 0.3 is 6.09 Å². The first-order valence-corrected chi connectivity index (χ1v) is 6.72. The molecular formula is C14H27NO2. The van der Waals surface area contributed by atoms with Crippen molar-refractivity contribution in [3.8, 4) is 0 Å². The Bertz CT molecular complexity index is 249. The molecule has 0 aromatic rings. The Hall–Kier alpha value is -0.730. The minimum atomic E-state index is -0.396. The second-order valence-electron chi connectivity index (χ2n) is 6.49. The van der Waals surface area contributed by atoms with Crippen LogP contribution in [0.15, 0.2) is 0 Å². The van der Waals surface area contributed by atoms with Gasteiger partial charge in [-0.15, -0.1) is 0 Å². The third-order valence-electron chi connectivity index (χ3n) is 3.37. The van der Waals surface area contributed by atoms with E-state index in [0.717, 1.165) is 12.5 Å². The quantitative estimate of drug-likeness (QED) is 0.738. The van der Waals surface area contributed by atoms with Crippen LogP contribution < -0.4 is 0 Å². The molecule has 1 amide bonds. The predicted octanol–water partition coefficient (Wildman–Crippen LogP) is 3.68. The highest BCUT2D eigenvalue weighted by Crippen LogP contribution is 2.28. The molecule has 1 fully saturated rings. The van der Waals surface area contributed by atoms with Crippen LogP contribution in [0.25, 0.3) is 0 Å². The monoisotopic (exact) mass is 241 g/mol. The van der Waals surface area contributed by atoms with E-state index in [9.17, 15) is 4.79 Å². The molecule has 100 valence electrons. The van der Waals surface area contributed by atoms with E-state index in [-0.39, 0.29) is 6.09 Å². The van der Waals surface area contributed by atoms with Crippen molar-refractivity contribution in [2.24, 2.45) is 11.8 Å². The van der Waals surface area contributed by atoms with Gasteiger partial charge in [0.15, 0.2) is 0 Å². The van der Waals surface area contributed by atoms with Crippen molar-refractivity contribution < 1.29 is 9.53 Å². The van der Waals surface area contributed by atoms with E-state index < -0.39 is 5.60 Å². The topological polar surface area (TPSA) is 29.5 Å². The van der Waals surface area contributed by atoms with E-state index in [1.165, 1.54) is 25.7 Å². The maximum atomic E-state index is 11.8. The Labute approximate surface area is 106 Å². The van der Waals surface area contributed by atoms with Crippen molar-refractivity contribution in [1.82, 2.24) is 4.90 Å². The molecule has 1 aliphatic rings. The van der Waals surface area contributed by atoms with E-state index >= 15 is 0 Å². The van der Waals surface area contributed by atoms with Crippen molar-refractivity contribution in [3.63, 3.8) is 0 Å². The minimum absolute atomic E-state index is 0.198. The molecule has 1 aliphatic carbocycles. The van der Waals surface area contributed by atoms with Gasteiger partial charge in [0.25, 0.3) is 0 Å². The van der Waals surface area contributed by atoms with E-state index in [4.69, 9.17) is 4.74 Å². The van der Waals surface area contributed by atoms with Crippen molar-refractivity contribution in [2.75, 3.05) is 13.6 Å². The minimum Gasteiger partial charge on any atom is -0.444 e. The molecule has 0 saturated heterocycles. The smallest absolute Gasteiger partial charge is 0.410 e. The van der Waals surface area contributed by atoms with E-state index in [0.29, 0.717) is 5.92 Å². The third-order valence-corrected chi connectivity index (χ3v) is 3.37. The van der Waals surface area contributed by atoms with Crippen LogP contribution in [0, 0.1) is 11.8 Å². The summed E-state index contributed by atoms with van der Waals surface area (Å²) in [5.74, 6) is 1.52. The van der Waals surface area contributed by atoms with Crippen LogP contribution in [0.1, 0.15) is 53.4 Å². The van der Waals surface area contributed by atoms with Crippen LogP contribution in [0.4, 0.5) is 4.79 Å². The summed E-state index contributed by atoms with van der Waals surface area (Å²) in [6.45, 7) is 8.86. The summed E-state index contributed by atoms with van der Waals surface area (Å²) in [6, 6.07) is 0. The largest absolute Gasteiger partial charge is 0.444 e. The first kappa shape index (κ1) is 14.3. The van der Waals surface area contributed by atoms with Crippen LogP contribution in [0.5, 0.6) is 0 Å². The Morgan fingerprint density at radius 2 is 1.76 bits per heavy atom. The van der Waals surface area contributed by atoms with Gasteiger partial charge in [0.1, 0.15) is 5.60 Å². The number of nitrogens with zero attached hydrogens (tertiary/aromatic N) is 1. The fourth-order valence-electron chi connectivity index (χ4n) is 2.31. The lowest BCUT2D eigenvalue weighted by Crippen LogP contribution is -2.37. The maximum absolute atomic E-state index is 11.8. The summed E-state index contributed by atoms with van der Waals surface area (Å²) < 4.78 is 5.35. The fraction of sp³-hybridized carbons (Fsp3) is 0.929. The highest BCUT2D eigenvalue weighted by Gasteiger charge is 2.24. The van der Waals surface area contributed by atoms with E-state index in [1.807, 2.05) is 27.8 Å². The average Bonchev–Trinajstić information content (AvgIpc) is 2.19. The number of rotatable bonds is 2. The zero-order valence-corrected chi connectivity index (χ0v) is 12.0. The predicted molar refractivity (Wildman–Crippen MR) is 70.0 cm³/mol. The molecule has 0 aromatic carbocycles. The van der Waals surface area contributed by atoms with Crippen LogP contribution in [0.3, 0.4) is 0 Å². The molecule has 0 N–H and O–H groups in total. The molecule has 0 radical (unpaired) electrons. The van der Waals surface area contributed by atoms with Crippen molar-refractivity contribution in [3.05, 3.63) is 0 Å². The third kappa shape index (κ3) is 5.42. The molecule has 1 rings (SSSR count). The number of carbonyl (C=O) groups is 1. The Morgan fingerprint density at radius 3 is 2.24 bits per heavy atom. The summed E-state index contributed by atoms with van der Waals surface area (Å²) in [4.78, 5) is 13.5. The summed E-state index contributed by atoms with van der Waals surface area (Å²) in [7, 11) is 1.84. The standard InChI is InChI=1S/C14H27NO2/c1-11-6-8-12(9-7-11)10-15(5)13(16)17-14(2,3)4/h11-12H,6-10H2,1-5H3/t11-,12-. The molecule has 0 heterocycles. The Morgan fingerprint density at radius 1 is 1.24 bits per heavy atom. The SMILES string of the molecule is CN(C[C@H]1CC[C@H](C)CC1)C(=O)OC(C)(C)C. The lowest BCUT2D eigenvalue weighted by molar-refractivity contribution is 0.0258. The summed E-state index contributed by atoms with van der Waals surface area (Å²) in [5, 5.41) is 0. The lowest BCUT2D eigenvalue weighted by Gasteiger charge is -2.31. The zero-order valence-electron chi connectivity index (χ0n) is 12.0. The molecule has 0 bridgehead atoms. The molecule has 0 atom stereocenters. The van der Waals surface area contributed by atoms with Crippen LogP contribution in [0.2, 0.25) is 0 Å². The molecule has 0 aliphatic heterocycles. The molecule has 3 heteroatoms. The summed E-state index contributed by atoms with van der Waals surface area (Å²) >= 11 is 0. The molecule has 17 heavy (non-hydrogen) atoms. The van der Waals surface area contributed by atoms with Gasteiger partial charge in [0.05, 0.1) is 0 Å². The average molecular weight is 241 g/mol. The van der Waals surface area contributed by atoms with Gasteiger partial charge in [-0.2, -0.15) is 0 Å². The number of hydrogen-bond acceptors (Lipinski definition) is 2. The molecule has 3 nitrogen and oxygen atoms in total. The first-order valence-electron chi connectivity index (χ1n) is 6.72. The highest BCUT2D eigenvalue weighted by molar-refractivity contribution is 5.67. The zero-order chi connectivity index (χ0) is 13.1. The van der Waals surface area contributed by atoms with Gasteiger partial charge < -0.3 is 9.64 Å². The van der Waals surface area contributed by atoms with E-state index in [2.05, 4.69) is 6.92 Å². The first-order chi connectivity index (χ1) is 7.78. The molecule has 0 unspecified atom stereocenters. The second kappa shape index (κ2) is 5.74. The summed E-state index contributed by atoms with van der Waals surface area (Å²) in [5.41, 5.74) is -0.396. The van der Waals surface area contributed by atoms with Crippen molar-refractivity contribution >= 4 is 6.09 Å². The van der Waals surface area contributed by atoms with Crippen LogP contribution in [-0.2, 0) is 4.74 Å². The molecule has 0 spiro atoms. The fourth-order valence-corrected chi connectivity index (χ4v) is 2.31. The van der Waals surface area contributed by atoms with Gasteiger partial charge in [-0.05, 0) is 45.4 Å². The van der Waals surface area contributed by atoms with Crippen molar-refractivity contribution in [1.29, 1.82) is 0 Å². The van der Waals surface area contributed by atoms with Gasteiger partial charge in [-0.1, -0.05) is 19.8 Å². The van der Waals surface area contributed by atoms with Gasteiger partial charge in [0, 0.05) is 13.6 Å². The summed E-state index contributed by atoms with van der Waals surface area (Å²) in [6.07, 6.45) is 4.89. The Balaban J connectivity index is 2.33. The normalized spacial score (nSPS) is 25.5. The van der Waals surface area contributed by atoms with Crippen LogP contribution >= 0.6 is 0 Å². The lowest BCUT2D eigenvalue weighted by atomic mass is 9.83. The maximum Gasteiger partial charge on any atom is 0.410 e. The van der Waals surface area contributed by atoms with Crippen LogP contribution in [-0.4, -0.2) is 30.2 Å². The van der Waals surface area contributed by atoms with Gasteiger partial charge in [-0.3, -0.25) is 0 Å². The van der Waals surface area contributed by atoms with E-state index in [1.54, 1.807) is 4.90 Å².